The second kappa shape index (κ2) is 7.60. The van der Waals surface area contributed by atoms with Gasteiger partial charge in [-0.2, -0.15) is 0 Å². The standard InChI is InChI=1S/C22H25FN6O/c1-14-25-20(27-29(14)13-19(30)22(2,3)4)18-12-28-10-9-24-21(28)17(26-18)11-15-7-5-6-8-16(15)23/h5-10,12,19,30H,11,13H2,1-4H3. The molecule has 8 heteroatoms. The van der Waals surface area contributed by atoms with E-state index in [-0.39, 0.29) is 11.2 Å². The van der Waals surface area contributed by atoms with Crippen LogP contribution in [0, 0.1) is 18.2 Å². The molecule has 0 bridgehead atoms. The van der Waals surface area contributed by atoms with Crippen LogP contribution < -0.4 is 0 Å². The number of benzene rings is 1. The molecule has 0 spiro atoms. The normalized spacial score (nSPS) is 13.1. The molecule has 0 fully saturated rings. The molecule has 1 aromatic carbocycles. The minimum Gasteiger partial charge on any atom is -0.391 e. The minimum atomic E-state index is -0.563. The van der Waals surface area contributed by atoms with Gasteiger partial charge in [0.05, 0.1) is 18.3 Å². The van der Waals surface area contributed by atoms with Gasteiger partial charge in [-0.1, -0.05) is 39.0 Å². The number of aliphatic hydroxyl groups is 1. The van der Waals surface area contributed by atoms with E-state index in [0.29, 0.717) is 47.2 Å². The van der Waals surface area contributed by atoms with Gasteiger partial charge in [0.2, 0.25) is 5.82 Å². The lowest BCUT2D eigenvalue weighted by Crippen LogP contribution is -2.31. The van der Waals surface area contributed by atoms with Crippen LogP contribution >= 0.6 is 0 Å². The lowest BCUT2D eigenvalue weighted by Gasteiger charge is -2.25. The summed E-state index contributed by atoms with van der Waals surface area (Å²) in [5.74, 6) is 0.874. The number of hydrogen-bond acceptors (Lipinski definition) is 5. The molecule has 7 nitrogen and oxygen atoms in total. The molecule has 0 aliphatic heterocycles. The zero-order chi connectivity index (χ0) is 21.5. The third-order valence-corrected chi connectivity index (χ3v) is 5.19. The SMILES string of the molecule is Cc1nc(-c2cn3ccnc3c(Cc3ccccc3F)n2)nn1CC(O)C(C)(C)C. The molecule has 0 radical (unpaired) electrons. The summed E-state index contributed by atoms with van der Waals surface area (Å²) in [7, 11) is 0. The molecule has 4 aromatic rings. The van der Waals surface area contributed by atoms with E-state index in [9.17, 15) is 9.50 Å². The fourth-order valence-corrected chi connectivity index (χ4v) is 3.18. The highest BCUT2D eigenvalue weighted by molar-refractivity contribution is 5.55. The van der Waals surface area contributed by atoms with Crippen molar-refractivity contribution in [2.24, 2.45) is 5.41 Å². The molecule has 1 atom stereocenters. The Morgan fingerprint density at radius 3 is 2.67 bits per heavy atom. The molecule has 4 rings (SSSR count). The number of imidazole rings is 1. The quantitative estimate of drug-likeness (QED) is 0.547. The number of aliphatic hydroxyl groups excluding tert-OH is 1. The van der Waals surface area contributed by atoms with Gasteiger partial charge in [0.15, 0.2) is 5.65 Å². The lowest BCUT2D eigenvalue weighted by molar-refractivity contribution is 0.0445. The van der Waals surface area contributed by atoms with Crippen molar-refractivity contribution in [2.75, 3.05) is 0 Å². The van der Waals surface area contributed by atoms with Crippen LogP contribution in [0.4, 0.5) is 4.39 Å². The fraction of sp³-hybridized carbons (Fsp3) is 0.364. The Morgan fingerprint density at radius 2 is 1.93 bits per heavy atom. The van der Waals surface area contributed by atoms with Crippen LogP contribution in [0.1, 0.15) is 37.9 Å². The van der Waals surface area contributed by atoms with Crippen LogP contribution in [0.5, 0.6) is 0 Å². The van der Waals surface area contributed by atoms with Crippen LogP contribution in [-0.4, -0.2) is 40.3 Å². The van der Waals surface area contributed by atoms with E-state index in [4.69, 9.17) is 4.98 Å². The number of aromatic nitrogens is 6. The fourth-order valence-electron chi connectivity index (χ4n) is 3.18. The Bertz CT molecular complexity index is 1190. The highest BCUT2D eigenvalue weighted by Crippen LogP contribution is 2.23. The second-order valence-electron chi connectivity index (χ2n) is 8.55. The summed E-state index contributed by atoms with van der Waals surface area (Å²) in [6.07, 6.45) is 5.06. The maximum atomic E-state index is 14.2. The van der Waals surface area contributed by atoms with Crippen molar-refractivity contribution in [1.29, 1.82) is 0 Å². The highest BCUT2D eigenvalue weighted by Gasteiger charge is 2.24. The third kappa shape index (κ3) is 3.95. The van der Waals surface area contributed by atoms with Crippen LogP contribution in [0.15, 0.2) is 42.9 Å². The van der Waals surface area contributed by atoms with Crippen LogP contribution in [0.3, 0.4) is 0 Å². The predicted octanol–water partition coefficient (Wildman–Crippen LogP) is 3.43. The van der Waals surface area contributed by atoms with Crippen LogP contribution in [0.2, 0.25) is 0 Å². The van der Waals surface area contributed by atoms with Crippen molar-refractivity contribution in [3.8, 4) is 11.5 Å². The lowest BCUT2D eigenvalue weighted by atomic mass is 9.89. The minimum absolute atomic E-state index is 0.264. The summed E-state index contributed by atoms with van der Waals surface area (Å²) in [5.41, 5.74) is 2.17. The van der Waals surface area contributed by atoms with E-state index in [1.807, 2.05) is 44.5 Å². The number of nitrogens with zero attached hydrogens (tertiary/aromatic N) is 6. The highest BCUT2D eigenvalue weighted by atomic mass is 19.1. The molecule has 30 heavy (non-hydrogen) atoms. The average molecular weight is 408 g/mol. The maximum Gasteiger partial charge on any atom is 0.201 e. The van der Waals surface area contributed by atoms with Crippen molar-refractivity contribution in [1.82, 2.24) is 29.1 Å². The molecule has 3 aromatic heterocycles. The van der Waals surface area contributed by atoms with Crippen molar-refractivity contribution < 1.29 is 9.50 Å². The Hall–Kier alpha value is -3.13. The molecule has 0 amide bonds. The van der Waals surface area contributed by atoms with E-state index in [1.165, 1.54) is 6.07 Å². The van der Waals surface area contributed by atoms with Crippen molar-refractivity contribution in [3.63, 3.8) is 0 Å². The molecule has 1 unspecified atom stereocenters. The Balaban J connectivity index is 1.72. The number of halogens is 1. The summed E-state index contributed by atoms with van der Waals surface area (Å²) in [6, 6.07) is 6.65. The van der Waals surface area contributed by atoms with Gasteiger partial charge in [-0.25, -0.2) is 24.0 Å². The summed E-state index contributed by atoms with van der Waals surface area (Å²) in [6.45, 7) is 8.14. The third-order valence-electron chi connectivity index (χ3n) is 5.19. The zero-order valence-corrected chi connectivity index (χ0v) is 17.5. The largest absolute Gasteiger partial charge is 0.391 e. The van der Waals surface area contributed by atoms with Gasteiger partial charge in [-0.05, 0) is 24.0 Å². The number of rotatable bonds is 5. The topological polar surface area (TPSA) is 81.1 Å². The molecule has 3 heterocycles. The first-order chi connectivity index (χ1) is 14.2. The van der Waals surface area contributed by atoms with Crippen LogP contribution in [-0.2, 0) is 13.0 Å². The summed E-state index contributed by atoms with van der Waals surface area (Å²) in [4.78, 5) is 13.6. The molecule has 0 aliphatic rings. The molecular formula is C22H25FN6O. The molecule has 156 valence electrons. The van der Waals surface area contributed by atoms with E-state index >= 15 is 0 Å². The van der Waals surface area contributed by atoms with Gasteiger partial charge in [0, 0.05) is 25.0 Å². The van der Waals surface area contributed by atoms with E-state index in [2.05, 4.69) is 15.1 Å². The van der Waals surface area contributed by atoms with Gasteiger partial charge in [0.1, 0.15) is 17.3 Å². The van der Waals surface area contributed by atoms with Gasteiger partial charge in [0.25, 0.3) is 0 Å². The molecule has 0 saturated carbocycles. The Kier molecular flexibility index (Phi) is 5.11. The number of fused-ring (bicyclic) bond motifs is 1. The molecule has 1 N–H and O–H groups in total. The average Bonchev–Trinajstić information content (AvgIpc) is 3.30. The summed E-state index contributed by atoms with van der Waals surface area (Å²) in [5, 5.41) is 15.0. The Labute approximate surface area is 174 Å². The van der Waals surface area contributed by atoms with Gasteiger partial charge < -0.3 is 9.51 Å². The first kappa shape index (κ1) is 20.2. The molecular weight excluding hydrogens is 383 g/mol. The number of hydrogen-bond donors (Lipinski definition) is 1. The van der Waals surface area contributed by atoms with E-state index < -0.39 is 6.10 Å². The van der Waals surface area contributed by atoms with Gasteiger partial charge in [-0.3, -0.25) is 0 Å². The second-order valence-corrected chi connectivity index (χ2v) is 8.55. The summed E-state index contributed by atoms with van der Waals surface area (Å²) < 4.78 is 17.7. The van der Waals surface area contributed by atoms with Gasteiger partial charge in [-0.15, -0.1) is 5.10 Å². The van der Waals surface area contributed by atoms with Gasteiger partial charge >= 0.3 is 0 Å². The zero-order valence-electron chi connectivity index (χ0n) is 17.5. The first-order valence-corrected chi connectivity index (χ1v) is 9.88. The molecule has 0 aliphatic carbocycles. The Morgan fingerprint density at radius 1 is 1.17 bits per heavy atom. The predicted molar refractivity (Wildman–Crippen MR) is 111 cm³/mol. The van der Waals surface area contributed by atoms with E-state index in [1.54, 1.807) is 29.1 Å². The van der Waals surface area contributed by atoms with Crippen molar-refractivity contribution in [3.05, 3.63) is 65.8 Å². The van der Waals surface area contributed by atoms with E-state index in [0.717, 1.165) is 0 Å². The maximum absolute atomic E-state index is 14.2. The number of aryl methyl sites for hydroxylation is 1. The monoisotopic (exact) mass is 408 g/mol. The first-order valence-electron chi connectivity index (χ1n) is 9.88. The van der Waals surface area contributed by atoms with Crippen molar-refractivity contribution in [2.45, 2.75) is 46.8 Å². The summed E-state index contributed by atoms with van der Waals surface area (Å²) >= 11 is 0. The van der Waals surface area contributed by atoms with Crippen LogP contribution in [0.25, 0.3) is 17.2 Å². The smallest absolute Gasteiger partial charge is 0.201 e. The van der Waals surface area contributed by atoms with Crippen molar-refractivity contribution >= 4 is 5.65 Å². The molecule has 0 saturated heterocycles.